The molecule has 3 N–H and O–H groups in total. The lowest BCUT2D eigenvalue weighted by Gasteiger charge is -2.14. The van der Waals surface area contributed by atoms with E-state index in [0.29, 0.717) is 6.54 Å². The van der Waals surface area contributed by atoms with Gasteiger partial charge < -0.3 is 4.42 Å². The Hall–Kier alpha value is -2.12. The monoisotopic (exact) mass is 277 g/mol. The van der Waals surface area contributed by atoms with Crippen molar-refractivity contribution in [3.63, 3.8) is 0 Å². The summed E-state index contributed by atoms with van der Waals surface area (Å²) < 4.78 is 7.16. The summed E-state index contributed by atoms with van der Waals surface area (Å²) in [7, 11) is 3.89. The van der Waals surface area contributed by atoms with Gasteiger partial charge in [0.15, 0.2) is 5.76 Å². The summed E-state index contributed by atoms with van der Waals surface area (Å²) in [6.07, 6.45) is 3.82. The molecule has 0 aromatic carbocycles. The molecular weight excluding hydrogens is 258 g/mol. The third-order valence-corrected chi connectivity index (χ3v) is 3.03. The number of nitrogens with zero attached hydrogens (tertiary/aromatic N) is 3. The molecule has 0 unspecified atom stereocenters. The second-order valence-electron chi connectivity index (χ2n) is 4.86. The largest absolute Gasteiger partial charge is 0.456 e. The average molecular weight is 277 g/mol. The van der Waals surface area contributed by atoms with Crippen LogP contribution >= 0.6 is 0 Å². The van der Waals surface area contributed by atoms with Crippen molar-refractivity contribution < 1.29 is 9.21 Å². The lowest BCUT2D eigenvalue weighted by molar-refractivity contribution is 0.0924. The summed E-state index contributed by atoms with van der Waals surface area (Å²) >= 11 is 0. The molecule has 7 heteroatoms. The highest BCUT2D eigenvalue weighted by molar-refractivity contribution is 5.91. The van der Waals surface area contributed by atoms with Crippen LogP contribution in [0.3, 0.4) is 0 Å². The number of furan rings is 1. The number of rotatable bonds is 5. The number of hydrogen-bond acceptors (Lipinski definition) is 5. The molecule has 0 aliphatic carbocycles. The second-order valence-corrected chi connectivity index (χ2v) is 4.86. The van der Waals surface area contributed by atoms with Crippen LogP contribution in [-0.2, 0) is 20.1 Å². The molecule has 0 fully saturated rings. The molecule has 0 bridgehead atoms. The van der Waals surface area contributed by atoms with Crippen LogP contribution in [0, 0.1) is 6.92 Å². The van der Waals surface area contributed by atoms with Crippen LogP contribution in [0.2, 0.25) is 0 Å². The zero-order valence-corrected chi connectivity index (χ0v) is 11.9. The maximum atomic E-state index is 11.4. The molecule has 2 heterocycles. The molecule has 2 aromatic rings. The maximum absolute atomic E-state index is 11.4. The highest BCUT2D eigenvalue weighted by atomic mass is 16.4. The standard InChI is InChI=1S/C13H19N5O2/c1-9-11(4-12(20-9)13(19)16-14)8-17(2)6-10-5-15-18(3)7-10/h4-5,7H,6,8,14H2,1-3H3,(H,16,19). The summed E-state index contributed by atoms with van der Waals surface area (Å²) in [6.45, 7) is 3.29. The van der Waals surface area contributed by atoms with Crippen molar-refractivity contribution in [2.45, 2.75) is 20.0 Å². The van der Waals surface area contributed by atoms with Gasteiger partial charge in [0.25, 0.3) is 0 Å². The molecule has 2 rings (SSSR count). The normalized spacial score (nSPS) is 11.1. The first kappa shape index (κ1) is 14.3. The number of nitrogens with two attached hydrogens (primary N) is 1. The topological polar surface area (TPSA) is 89.3 Å². The zero-order chi connectivity index (χ0) is 14.7. The summed E-state index contributed by atoms with van der Waals surface area (Å²) in [5.74, 6) is 5.62. The van der Waals surface area contributed by atoms with Crippen molar-refractivity contribution in [1.82, 2.24) is 20.1 Å². The number of hydrogen-bond donors (Lipinski definition) is 2. The molecule has 0 aliphatic rings. The summed E-state index contributed by atoms with van der Waals surface area (Å²) in [4.78, 5) is 13.5. The Balaban J connectivity index is 2.02. The van der Waals surface area contributed by atoms with Crippen LogP contribution in [-0.4, -0.2) is 27.6 Å². The fourth-order valence-electron chi connectivity index (χ4n) is 2.07. The first-order valence-corrected chi connectivity index (χ1v) is 6.26. The predicted octanol–water partition coefficient (Wildman–Crippen LogP) is 0.557. The molecule has 0 radical (unpaired) electrons. The SMILES string of the molecule is Cc1oc(C(=O)NN)cc1CN(C)Cc1cnn(C)c1. The molecular formula is C13H19N5O2. The van der Waals surface area contributed by atoms with Crippen molar-refractivity contribution in [3.8, 4) is 0 Å². The molecule has 0 aliphatic heterocycles. The van der Waals surface area contributed by atoms with Crippen LogP contribution in [0.1, 0.15) is 27.4 Å². The third-order valence-electron chi connectivity index (χ3n) is 3.03. The molecule has 108 valence electrons. The third kappa shape index (κ3) is 3.25. The van der Waals surface area contributed by atoms with E-state index in [-0.39, 0.29) is 5.76 Å². The van der Waals surface area contributed by atoms with E-state index in [1.807, 2.05) is 33.4 Å². The Labute approximate surface area is 117 Å². The van der Waals surface area contributed by atoms with Gasteiger partial charge in [0.2, 0.25) is 0 Å². The Morgan fingerprint density at radius 2 is 2.30 bits per heavy atom. The van der Waals surface area contributed by atoms with Crippen LogP contribution in [0.15, 0.2) is 22.9 Å². The number of hydrazine groups is 1. The van der Waals surface area contributed by atoms with Crippen LogP contribution in [0.25, 0.3) is 0 Å². The number of amides is 1. The van der Waals surface area contributed by atoms with Crippen LogP contribution in [0.5, 0.6) is 0 Å². The first-order chi connectivity index (χ1) is 9.49. The van der Waals surface area contributed by atoms with Crippen molar-refractivity contribution >= 4 is 5.91 Å². The van der Waals surface area contributed by atoms with E-state index in [1.165, 1.54) is 0 Å². The van der Waals surface area contributed by atoms with Crippen molar-refractivity contribution in [2.24, 2.45) is 12.9 Å². The minimum Gasteiger partial charge on any atom is -0.456 e. The van der Waals surface area contributed by atoms with E-state index in [1.54, 1.807) is 10.7 Å². The van der Waals surface area contributed by atoms with Gasteiger partial charge in [0.1, 0.15) is 5.76 Å². The van der Waals surface area contributed by atoms with Crippen LogP contribution in [0.4, 0.5) is 0 Å². The Morgan fingerprint density at radius 1 is 1.55 bits per heavy atom. The van der Waals surface area contributed by atoms with E-state index in [0.717, 1.165) is 23.4 Å². The predicted molar refractivity (Wildman–Crippen MR) is 73.5 cm³/mol. The number of aromatic nitrogens is 2. The molecule has 0 spiro atoms. The summed E-state index contributed by atoms with van der Waals surface area (Å²) in [5.41, 5.74) is 4.16. The van der Waals surface area contributed by atoms with Gasteiger partial charge in [-0.1, -0.05) is 0 Å². The second kappa shape index (κ2) is 5.89. The molecule has 1 amide bonds. The van der Waals surface area contributed by atoms with E-state index in [4.69, 9.17) is 10.3 Å². The Morgan fingerprint density at radius 3 is 2.90 bits per heavy atom. The summed E-state index contributed by atoms with van der Waals surface area (Å²) in [5, 5.41) is 4.14. The minimum absolute atomic E-state index is 0.231. The zero-order valence-electron chi connectivity index (χ0n) is 11.9. The summed E-state index contributed by atoms with van der Waals surface area (Å²) in [6, 6.07) is 1.72. The molecule has 2 aromatic heterocycles. The van der Waals surface area contributed by atoms with Gasteiger partial charge in [-0.3, -0.25) is 19.8 Å². The van der Waals surface area contributed by atoms with Crippen molar-refractivity contribution in [1.29, 1.82) is 0 Å². The van der Waals surface area contributed by atoms with Crippen molar-refractivity contribution in [2.75, 3.05) is 7.05 Å². The Kier molecular flexibility index (Phi) is 4.21. The van der Waals surface area contributed by atoms with Gasteiger partial charge in [-0.2, -0.15) is 5.10 Å². The number of carbonyl (C=O) groups is 1. The molecule has 20 heavy (non-hydrogen) atoms. The van der Waals surface area contributed by atoms with Crippen molar-refractivity contribution in [3.05, 3.63) is 41.1 Å². The number of aryl methyl sites for hydroxylation is 2. The van der Waals surface area contributed by atoms with E-state index >= 15 is 0 Å². The quantitative estimate of drug-likeness (QED) is 0.473. The maximum Gasteiger partial charge on any atom is 0.300 e. The lowest BCUT2D eigenvalue weighted by Crippen LogP contribution is -2.29. The van der Waals surface area contributed by atoms with Gasteiger partial charge in [-0.15, -0.1) is 0 Å². The highest BCUT2D eigenvalue weighted by Gasteiger charge is 2.14. The lowest BCUT2D eigenvalue weighted by atomic mass is 10.2. The van der Waals surface area contributed by atoms with Gasteiger partial charge in [-0.05, 0) is 20.0 Å². The number of carbonyl (C=O) groups excluding carboxylic acids is 1. The van der Waals surface area contributed by atoms with Gasteiger partial charge in [-0.25, -0.2) is 5.84 Å². The van der Waals surface area contributed by atoms with Gasteiger partial charge >= 0.3 is 5.91 Å². The van der Waals surface area contributed by atoms with E-state index in [2.05, 4.69) is 15.4 Å². The van der Waals surface area contributed by atoms with Gasteiger partial charge in [0.05, 0.1) is 6.20 Å². The smallest absolute Gasteiger partial charge is 0.300 e. The fourth-order valence-corrected chi connectivity index (χ4v) is 2.07. The Bertz CT molecular complexity index is 602. The minimum atomic E-state index is -0.422. The van der Waals surface area contributed by atoms with Gasteiger partial charge in [0, 0.05) is 37.5 Å². The molecule has 0 atom stereocenters. The molecule has 7 nitrogen and oxygen atoms in total. The number of nitrogen functional groups attached to an aromatic ring is 1. The number of nitrogens with one attached hydrogen (secondary N) is 1. The molecule has 0 saturated heterocycles. The van der Waals surface area contributed by atoms with Crippen LogP contribution < -0.4 is 11.3 Å². The van der Waals surface area contributed by atoms with E-state index in [9.17, 15) is 4.79 Å². The van der Waals surface area contributed by atoms with E-state index < -0.39 is 5.91 Å². The molecule has 0 saturated carbocycles. The fraction of sp³-hybridized carbons (Fsp3) is 0.385. The highest BCUT2D eigenvalue weighted by Crippen LogP contribution is 2.17. The first-order valence-electron chi connectivity index (χ1n) is 6.26. The average Bonchev–Trinajstić information content (AvgIpc) is 2.96.